The van der Waals surface area contributed by atoms with E-state index in [-0.39, 0.29) is 11.6 Å². The van der Waals surface area contributed by atoms with Gasteiger partial charge in [0.1, 0.15) is 11.6 Å². The molecule has 1 saturated carbocycles. The van der Waals surface area contributed by atoms with Gasteiger partial charge in [0, 0.05) is 17.9 Å². The second-order valence-corrected chi connectivity index (χ2v) is 4.25. The highest BCUT2D eigenvalue weighted by atomic mass is 35.5. The zero-order valence-corrected chi connectivity index (χ0v) is 8.96. The Hall–Kier alpha value is -1.15. The minimum Gasteiger partial charge on any atom is -0.299 e. The number of Topliss-reactive ketones (excluding diaryl/α,β-unsaturated/α-hetero) is 2. The molecule has 1 aliphatic carbocycles. The Labute approximate surface area is 93.2 Å². The molecule has 0 aliphatic heterocycles. The first-order valence-corrected chi connectivity index (χ1v) is 5.34. The Bertz CT molecular complexity index is 379. The van der Waals surface area contributed by atoms with Crippen LogP contribution in [-0.2, 0) is 16.0 Å². The quantitative estimate of drug-likeness (QED) is 0.721. The van der Waals surface area contributed by atoms with Crippen LogP contribution in [0.15, 0.2) is 24.3 Å². The van der Waals surface area contributed by atoms with Gasteiger partial charge in [-0.3, -0.25) is 9.59 Å². The highest BCUT2D eigenvalue weighted by Gasteiger charge is 2.32. The van der Waals surface area contributed by atoms with Crippen LogP contribution in [0, 0.1) is 5.92 Å². The maximum absolute atomic E-state index is 11.4. The summed E-state index contributed by atoms with van der Waals surface area (Å²) in [4.78, 5) is 22.8. The molecule has 0 heterocycles. The lowest BCUT2D eigenvalue weighted by molar-refractivity contribution is -0.127. The summed E-state index contributed by atoms with van der Waals surface area (Å²) >= 11 is 5.75. The predicted molar refractivity (Wildman–Crippen MR) is 57.9 cm³/mol. The second kappa shape index (κ2) is 4.15. The molecule has 78 valence electrons. The summed E-state index contributed by atoms with van der Waals surface area (Å²) in [6, 6.07) is 7.28. The van der Waals surface area contributed by atoms with Gasteiger partial charge in [-0.25, -0.2) is 0 Å². The van der Waals surface area contributed by atoms with Crippen LogP contribution in [0.2, 0.25) is 5.02 Å². The Balaban J connectivity index is 2.11. The SMILES string of the molecule is O=C1CCC(=O)C1Cc1ccc(Cl)cc1. The summed E-state index contributed by atoms with van der Waals surface area (Å²) in [5.41, 5.74) is 0.994. The highest BCUT2D eigenvalue weighted by Crippen LogP contribution is 2.22. The molecule has 0 spiro atoms. The van der Waals surface area contributed by atoms with Crippen LogP contribution in [-0.4, -0.2) is 11.6 Å². The molecule has 0 bridgehead atoms. The standard InChI is InChI=1S/C12H11ClO2/c13-9-3-1-8(2-4-9)7-10-11(14)5-6-12(10)15/h1-4,10H,5-7H2. The molecule has 2 nitrogen and oxygen atoms in total. The van der Waals surface area contributed by atoms with Gasteiger partial charge in [-0.05, 0) is 24.1 Å². The van der Waals surface area contributed by atoms with Gasteiger partial charge < -0.3 is 0 Å². The van der Waals surface area contributed by atoms with E-state index < -0.39 is 5.92 Å². The molecular weight excluding hydrogens is 212 g/mol. The van der Waals surface area contributed by atoms with E-state index in [0.717, 1.165) is 5.56 Å². The first kappa shape index (κ1) is 10.4. The van der Waals surface area contributed by atoms with Crippen molar-refractivity contribution in [3.63, 3.8) is 0 Å². The molecule has 0 aromatic heterocycles. The lowest BCUT2D eigenvalue weighted by Gasteiger charge is -2.06. The number of carbonyl (C=O) groups excluding carboxylic acids is 2. The molecule has 0 saturated heterocycles. The second-order valence-electron chi connectivity index (χ2n) is 3.82. The van der Waals surface area contributed by atoms with Gasteiger partial charge in [-0.1, -0.05) is 23.7 Å². The maximum atomic E-state index is 11.4. The van der Waals surface area contributed by atoms with Crippen LogP contribution in [0.3, 0.4) is 0 Å². The average Bonchev–Trinajstić information content (AvgIpc) is 2.53. The fourth-order valence-corrected chi connectivity index (χ4v) is 1.98. The van der Waals surface area contributed by atoms with Gasteiger partial charge in [-0.15, -0.1) is 0 Å². The summed E-state index contributed by atoms with van der Waals surface area (Å²) in [6.45, 7) is 0. The monoisotopic (exact) mass is 222 g/mol. The van der Waals surface area contributed by atoms with Crippen LogP contribution >= 0.6 is 11.6 Å². The predicted octanol–water partition coefficient (Wildman–Crippen LogP) is 2.43. The lowest BCUT2D eigenvalue weighted by atomic mass is 9.96. The number of hydrogen-bond donors (Lipinski definition) is 0. The molecule has 0 atom stereocenters. The topological polar surface area (TPSA) is 34.1 Å². The maximum Gasteiger partial charge on any atom is 0.144 e. The molecule has 0 radical (unpaired) electrons. The van der Waals surface area contributed by atoms with E-state index in [4.69, 9.17) is 11.6 Å². The van der Waals surface area contributed by atoms with E-state index in [9.17, 15) is 9.59 Å². The zero-order chi connectivity index (χ0) is 10.8. The summed E-state index contributed by atoms with van der Waals surface area (Å²) < 4.78 is 0. The van der Waals surface area contributed by atoms with E-state index in [1.807, 2.05) is 12.1 Å². The van der Waals surface area contributed by atoms with E-state index in [2.05, 4.69) is 0 Å². The molecule has 0 unspecified atom stereocenters. The van der Waals surface area contributed by atoms with Gasteiger partial charge in [0.2, 0.25) is 0 Å². The van der Waals surface area contributed by atoms with Gasteiger partial charge >= 0.3 is 0 Å². The smallest absolute Gasteiger partial charge is 0.144 e. The van der Waals surface area contributed by atoms with Crippen LogP contribution in [0.1, 0.15) is 18.4 Å². The van der Waals surface area contributed by atoms with Crippen molar-refractivity contribution in [2.24, 2.45) is 5.92 Å². The molecule has 1 fully saturated rings. The third-order valence-electron chi connectivity index (χ3n) is 2.75. The Morgan fingerprint density at radius 2 is 1.60 bits per heavy atom. The largest absolute Gasteiger partial charge is 0.299 e. The minimum absolute atomic E-state index is 0.0787. The number of halogens is 1. The van der Waals surface area contributed by atoms with Crippen LogP contribution in [0.25, 0.3) is 0 Å². The summed E-state index contributed by atoms with van der Waals surface area (Å²) in [6.07, 6.45) is 1.35. The molecule has 0 amide bonds. The Morgan fingerprint density at radius 1 is 1.07 bits per heavy atom. The Kier molecular flexibility index (Phi) is 2.87. The van der Waals surface area contributed by atoms with Gasteiger partial charge in [-0.2, -0.15) is 0 Å². The van der Waals surface area contributed by atoms with Crippen LogP contribution in [0.5, 0.6) is 0 Å². The zero-order valence-electron chi connectivity index (χ0n) is 8.20. The van der Waals surface area contributed by atoms with E-state index >= 15 is 0 Å². The minimum atomic E-state index is -0.411. The highest BCUT2D eigenvalue weighted by molar-refractivity contribution is 6.30. The fourth-order valence-electron chi connectivity index (χ4n) is 1.86. The number of benzene rings is 1. The third kappa shape index (κ3) is 2.26. The number of carbonyl (C=O) groups is 2. The molecular formula is C12H11ClO2. The van der Waals surface area contributed by atoms with Crippen molar-refractivity contribution < 1.29 is 9.59 Å². The molecule has 15 heavy (non-hydrogen) atoms. The van der Waals surface area contributed by atoms with Crippen LogP contribution in [0.4, 0.5) is 0 Å². The molecule has 2 rings (SSSR count). The van der Waals surface area contributed by atoms with Gasteiger partial charge in [0.25, 0.3) is 0 Å². The van der Waals surface area contributed by atoms with E-state index in [1.165, 1.54) is 0 Å². The Morgan fingerprint density at radius 3 is 2.13 bits per heavy atom. The molecule has 1 aliphatic rings. The lowest BCUT2D eigenvalue weighted by Crippen LogP contribution is -2.16. The summed E-state index contributed by atoms with van der Waals surface area (Å²) in [5.74, 6) is -0.254. The van der Waals surface area contributed by atoms with Crippen molar-refractivity contribution >= 4 is 23.2 Å². The molecule has 0 N–H and O–H groups in total. The van der Waals surface area contributed by atoms with Crippen molar-refractivity contribution in [3.8, 4) is 0 Å². The average molecular weight is 223 g/mol. The molecule has 3 heteroatoms. The number of rotatable bonds is 2. The molecule has 1 aromatic carbocycles. The summed E-state index contributed by atoms with van der Waals surface area (Å²) in [7, 11) is 0. The summed E-state index contributed by atoms with van der Waals surface area (Å²) in [5, 5.41) is 0.669. The van der Waals surface area contributed by atoms with Crippen molar-refractivity contribution in [1.82, 2.24) is 0 Å². The van der Waals surface area contributed by atoms with E-state index in [0.29, 0.717) is 24.3 Å². The normalized spacial score (nSPS) is 17.4. The van der Waals surface area contributed by atoms with Gasteiger partial charge in [0.05, 0.1) is 5.92 Å². The van der Waals surface area contributed by atoms with Crippen molar-refractivity contribution in [1.29, 1.82) is 0 Å². The van der Waals surface area contributed by atoms with Crippen molar-refractivity contribution in [3.05, 3.63) is 34.9 Å². The first-order chi connectivity index (χ1) is 7.16. The fraction of sp³-hybridized carbons (Fsp3) is 0.333. The first-order valence-electron chi connectivity index (χ1n) is 4.96. The van der Waals surface area contributed by atoms with Crippen molar-refractivity contribution in [2.75, 3.05) is 0 Å². The number of ketones is 2. The van der Waals surface area contributed by atoms with E-state index in [1.54, 1.807) is 12.1 Å². The number of hydrogen-bond acceptors (Lipinski definition) is 2. The van der Waals surface area contributed by atoms with Crippen LogP contribution < -0.4 is 0 Å². The van der Waals surface area contributed by atoms with Gasteiger partial charge in [0.15, 0.2) is 0 Å². The third-order valence-corrected chi connectivity index (χ3v) is 3.00. The molecule has 1 aromatic rings. The van der Waals surface area contributed by atoms with Crippen molar-refractivity contribution in [2.45, 2.75) is 19.3 Å².